The van der Waals surface area contributed by atoms with Crippen molar-refractivity contribution in [3.05, 3.63) is 47.3 Å². The van der Waals surface area contributed by atoms with Crippen LogP contribution in [0.15, 0.2) is 30.5 Å². The standard InChI is InChI=1S/C15H21N3O/c1-12-10-17-18(2)15(12)11-16-8-7-13-5-4-6-14(9-13)19-3/h4-6,9-10,16H,7-8,11H2,1-3H3. The van der Waals surface area contributed by atoms with Gasteiger partial charge in [-0.05, 0) is 43.1 Å². The van der Waals surface area contributed by atoms with E-state index >= 15 is 0 Å². The van der Waals surface area contributed by atoms with Crippen molar-refractivity contribution < 1.29 is 4.74 Å². The molecule has 0 fully saturated rings. The quantitative estimate of drug-likeness (QED) is 0.807. The third-order valence-corrected chi connectivity index (χ3v) is 3.29. The molecule has 1 aromatic heterocycles. The van der Waals surface area contributed by atoms with E-state index in [4.69, 9.17) is 4.74 Å². The number of hydrogen-bond donors (Lipinski definition) is 1. The van der Waals surface area contributed by atoms with Gasteiger partial charge in [-0.2, -0.15) is 5.10 Å². The van der Waals surface area contributed by atoms with Crippen molar-refractivity contribution in [1.29, 1.82) is 0 Å². The maximum absolute atomic E-state index is 5.22. The molecule has 0 radical (unpaired) electrons. The lowest BCUT2D eigenvalue weighted by atomic mass is 10.1. The first kappa shape index (κ1) is 13.6. The Kier molecular flexibility index (Phi) is 4.58. The Balaban J connectivity index is 1.80. The summed E-state index contributed by atoms with van der Waals surface area (Å²) in [6, 6.07) is 8.20. The van der Waals surface area contributed by atoms with Gasteiger partial charge in [-0.1, -0.05) is 12.1 Å². The smallest absolute Gasteiger partial charge is 0.119 e. The highest BCUT2D eigenvalue weighted by Crippen LogP contribution is 2.12. The molecule has 0 aliphatic carbocycles. The van der Waals surface area contributed by atoms with Crippen LogP contribution in [0.2, 0.25) is 0 Å². The van der Waals surface area contributed by atoms with Crippen molar-refractivity contribution in [1.82, 2.24) is 15.1 Å². The molecule has 0 saturated carbocycles. The summed E-state index contributed by atoms with van der Waals surface area (Å²) in [6.07, 6.45) is 2.90. The maximum Gasteiger partial charge on any atom is 0.119 e. The van der Waals surface area contributed by atoms with Crippen LogP contribution in [0.5, 0.6) is 5.75 Å². The third-order valence-electron chi connectivity index (χ3n) is 3.29. The highest BCUT2D eigenvalue weighted by molar-refractivity contribution is 5.28. The van der Waals surface area contributed by atoms with Gasteiger partial charge in [0, 0.05) is 13.6 Å². The second-order valence-electron chi connectivity index (χ2n) is 4.68. The minimum Gasteiger partial charge on any atom is -0.497 e. The molecule has 2 rings (SSSR count). The Morgan fingerprint density at radius 2 is 2.21 bits per heavy atom. The van der Waals surface area contributed by atoms with Crippen LogP contribution in [-0.4, -0.2) is 23.4 Å². The van der Waals surface area contributed by atoms with E-state index in [1.54, 1.807) is 7.11 Å². The zero-order chi connectivity index (χ0) is 13.7. The van der Waals surface area contributed by atoms with Gasteiger partial charge in [-0.3, -0.25) is 4.68 Å². The van der Waals surface area contributed by atoms with Crippen LogP contribution in [0.3, 0.4) is 0 Å². The van der Waals surface area contributed by atoms with E-state index in [1.165, 1.54) is 16.8 Å². The number of ether oxygens (including phenoxy) is 1. The minimum atomic E-state index is 0.853. The van der Waals surface area contributed by atoms with Gasteiger partial charge in [0.05, 0.1) is 19.0 Å². The normalized spacial score (nSPS) is 10.7. The summed E-state index contributed by atoms with van der Waals surface area (Å²) in [4.78, 5) is 0. The van der Waals surface area contributed by atoms with Gasteiger partial charge in [0.15, 0.2) is 0 Å². The third kappa shape index (κ3) is 3.58. The zero-order valence-corrected chi connectivity index (χ0v) is 11.8. The molecule has 0 aliphatic rings. The van der Waals surface area contributed by atoms with Crippen molar-refractivity contribution in [2.45, 2.75) is 19.9 Å². The van der Waals surface area contributed by atoms with Gasteiger partial charge in [-0.25, -0.2) is 0 Å². The number of aromatic nitrogens is 2. The zero-order valence-electron chi connectivity index (χ0n) is 11.8. The van der Waals surface area contributed by atoms with E-state index < -0.39 is 0 Å². The van der Waals surface area contributed by atoms with Gasteiger partial charge in [0.2, 0.25) is 0 Å². The summed E-state index contributed by atoms with van der Waals surface area (Å²) in [7, 11) is 3.68. The van der Waals surface area contributed by atoms with E-state index in [2.05, 4.69) is 29.5 Å². The molecule has 0 atom stereocenters. The Morgan fingerprint density at radius 3 is 2.89 bits per heavy atom. The molecule has 0 bridgehead atoms. The molecule has 0 amide bonds. The first-order valence-corrected chi connectivity index (χ1v) is 6.52. The number of aryl methyl sites for hydroxylation is 2. The fraction of sp³-hybridized carbons (Fsp3) is 0.400. The Bertz CT molecular complexity index is 514. The van der Waals surface area contributed by atoms with Crippen LogP contribution in [-0.2, 0) is 20.0 Å². The molecular weight excluding hydrogens is 238 g/mol. The number of nitrogens with one attached hydrogen (secondary N) is 1. The first-order chi connectivity index (χ1) is 9.20. The van der Waals surface area contributed by atoms with Crippen molar-refractivity contribution in [2.24, 2.45) is 7.05 Å². The summed E-state index contributed by atoms with van der Waals surface area (Å²) in [5.74, 6) is 0.917. The average molecular weight is 259 g/mol. The summed E-state index contributed by atoms with van der Waals surface area (Å²) in [6.45, 7) is 3.89. The monoisotopic (exact) mass is 259 g/mol. The number of benzene rings is 1. The Labute approximate surface area is 114 Å². The van der Waals surface area contributed by atoms with Crippen molar-refractivity contribution in [3.8, 4) is 5.75 Å². The molecule has 4 heteroatoms. The molecule has 0 spiro atoms. The Morgan fingerprint density at radius 1 is 1.37 bits per heavy atom. The molecule has 4 nitrogen and oxygen atoms in total. The number of nitrogens with zero attached hydrogens (tertiary/aromatic N) is 2. The van der Waals surface area contributed by atoms with Gasteiger partial charge < -0.3 is 10.1 Å². The van der Waals surface area contributed by atoms with E-state index in [-0.39, 0.29) is 0 Å². The molecule has 1 heterocycles. The SMILES string of the molecule is COc1cccc(CCNCc2c(C)cnn2C)c1. The van der Waals surface area contributed by atoms with Crippen LogP contribution >= 0.6 is 0 Å². The maximum atomic E-state index is 5.22. The number of hydrogen-bond acceptors (Lipinski definition) is 3. The topological polar surface area (TPSA) is 39.1 Å². The molecule has 0 aliphatic heterocycles. The van der Waals surface area contributed by atoms with Crippen LogP contribution in [0, 0.1) is 6.92 Å². The molecule has 0 unspecified atom stereocenters. The van der Waals surface area contributed by atoms with E-state index in [9.17, 15) is 0 Å². The van der Waals surface area contributed by atoms with Crippen LogP contribution in [0.25, 0.3) is 0 Å². The summed E-state index contributed by atoms with van der Waals surface area (Å²) in [5, 5.41) is 7.69. The van der Waals surface area contributed by atoms with Crippen molar-refractivity contribution in [3.63, 3.8) is 0 Å². The second-order valence-corrected chi connectivity index (χ2v) is 4.68. The molecule has 1 aromatic carbocycles. The second kappa shape index (κ2) is 6.38. The molecule has 102 valence electrons. The predicted octanol–water partition coefficient (Wildman–Crippen LogP) is 2.07. The lowest BCUT2D eigenvalue weighted by Gasteiger charge is -2.07. The summed E-state index contributed by atoms with van der Waals surface area (Å²) < 4.78 is 7.14. The lowest BCUT2D eigenvalue weighted by molar-refractivity contribution is 0.414. The van der Waals surface area contributed by atoms with Crippen LogP contribution in [0.4, 0.5) is 0 Å². The molecule has 1 N–H and O–H groups in total. The number of rotatable bonds is 6. The van der Waals surface area contributed by atoms with E-state index in [0.717, 1.165) is 25.3 Å². The van der Waals surface area contributed by atoms with E-state index in [1.807, 2.05) is 30.1 Å². The summed E-state index contributed by atoms with van der Waals surface area (Å²) in [5.41, 5.74) is 3.76. The lowest BCUT2D eigenvalue weighted by Crippen LogP contribution is -2.19. The summed E-state index contributed by atoms with van der Waals surface area (Å²) >= 11 is 0. The van der Waals surface area contributed by atoms with E-state index in [0.29, 0.717) is 0 Å². The largest absolute Gasteiger partial charge is 0.497 e. The highest BCUT2D eigenvalue weighted by atomic mass is 16.5. The van der Waals surface area contributed by atoms with Gasteiger partial charge in [-0.15, -0.1) is 0 Å². The number of methoxy groups -OCH3 is 1. The van der Waals surface area contributed by atoms with Gasteiger partial charge in [0.1, 0.15) is 5.75 Å². The predicted molar refractivity (Wildman–Crippen MR) is 76.3 cm³/mol. The fourth-order valence-electron chi connectivity index (χ4n) is 2.09. The fourth-order valence-corrected chi connectivity index (χ4v) is 2.09. The average Bonchev–Trinajstić information content (AvgIpc) is 2.75. The minimum absolute atomic E-state index is 0.853. The Hall–Kier alpha value is -1.81. The molecule has 2 aromatic rings. The van der Waals surface area contributed by atoms with Gasteiger partial charge >= 0.3 is 0 Å². The van der Waals surface area contributed by atoms with Crippen molar-refractivity contribution in [2.75, 3.05) is 13.7 Å². The van der Waals surface area contributed by atoms with Gasteiger partial charge in [0.25, 0.3) is 0 Å². The van der Waals surface area contributed by atoms with Crippen LogP contribution < -0.4 is 10.1 Å². The molecule has 19 heavy (non-hydrogen) atoms. The first-order valence-electron chi connectivity index (χ1n) is 6.52. The molecular formula is C15H21N3O. The van der Waals surface area contributed by atoms with Crippen LogP contribution in [0.1, 0.15) is 16.8 Å². The molecule has 0 saturated heterocycles. The highest BCUT2D eigenvalue weighted by Gasteiger charge is 2.03. The van der Waals surface area contributed by atoms with Crippen molar-refractivity contribution >= 4 is 0 Å².